The molecule has 0 radical (unpaired) electrons. The van der Waals surface area contributed by atoms with Gasteiger partial charge in [0.25, 0.3) is 0 Å². The average Bonchev–Trinajstić information content (AvgIpc) is 2.83. The Balaban J connectivity index is 1.49. The van der Waals surface area contributed by atoms with Crippen molar-refractivity contribution in [2.75, 3.05) is 0 Å². The first-order chi connectivity index (χ1) is 15.6. The molecule has 0 aromatic heterocycles. The molecule has 0 saturated heterocycles. The third-order valence-electron chi connectivity index (χ3n) is 5.59. The first-order valence-electron chi connectivity index (χ1n) is 11.5. The SMILES string of the molecule is CCCc1ccc(C(=O)OOC2CCCCC2OOC(=O)c2ccc(CCC)cc2)cc1. The maximum atomic E-state index is 12.3. The molecule has 3 rings (SSSR count). The highest BCUT2D eigenvalue weighted by Gasteiger charge is 2.31. The zero-order chi connectivity index (χ0) is 22.8. The predicted molar refractivity (Wildman–Crippen MR) is 120 cm³/mol. The summed E-state index contributed by atoms with van der Waals surface area (Å²) < 4.78 is 0. The van der Waals surface area contributed by atoms with E-state index in [2.05, 4.69) is 13.8 Å². The van der Waals surface area contributed by atoms with Crippen LogP contribution in [0.25, 0.3) is 0 Å². The van der Waals surface area contributed by atoms with Crippen LogP contribution in [0.3, 0.4) is 0 Å². The molecule has 0 amide bonds. The molecular formula is C26H32O6. The molecule has 0 N–H and O–H groups in total. The van der Waals surface area contributed by atoms with Crippen molar-refractivity contribution in [2.45, 2.75) is 77.4 Å². The number of rotatable bonds is 10. The fraction of sp³-hybridized carbons (Fsp3) is 0.462. The molecule has 0 spiro atoms. The Morgan fingerprint density at radius 2 is 1.06 bits per heavy atom. The summed E-state index contributed by atoms with van der Waals surface area (Å²) in [5.41, 5.74) is 3.20. The van der Waals surface area contributed by atoms with Crippen molar-refractivity contribution in [1.82, 2.24) is 0 Å². The van der Waals surface area contributed by atoms with E-state index in [0.29, 0.717) is 24.0 Å². The summed E-state index contributed by atoms with van der Waals surface area (Å²) in [4.78, 5) is 45.6. The summed E-state index contributed by atoms with van der Waals surface area (Å²) in [6.07, 6.45) is 6.17. The number of benzene rings is 2. The second kappa shape index (κ2) is 12.4. The Hall–Kier alpha value is -2.70. The van der Waals surface area contributed by atoms with E-state index in [1.807, 2.05) is 24.3 Å². The van der Waals surface area contributed by atoms with Crippen molar-refractivity contribution in [3.8, 4) is 0 Å². The lowest BCUT2D eigenvalue weighted by Gasteiger charge is -2.28. The second-order valence-electron chi connectivity index (χ2n) is 8.19. The monoisotopic (exact) mass is 440 g/mol. The molecule has 6 heteroatoms. The molecule has 0 aliphatic heterocycles. The van der Waals surface area contributed by atoms with Crippen LogP contribution in [0.4, 0.5) is 0 Å². The van der Waals surface area contributed by atoms with Gasteiger partial charge in [0.1, 0.15) is 12.2 Å². The number of aryl methyl sites for hydroxylation is 2. The van der Waals surface area contributed by atoms with E-state index in [4.69, 9.17) is 19.6 Å². The topological polar surface area (TPSA) is 71.1 Å². The molecule has 172 valence electrons. The zero-order valence-electron chi connectivity index (χ0n) is 18.9. The van der Waals surface area contributed by atoms with Crippen molar-refractivity contribution < 1.29 is 29.1 Å². The van der Waals surface area contributed by atoms with Crippen LogP contribution in [0.15, 0.2) is 48.5 Å². The second-order valence-corrected chi connectivity index (χ2v) is 8.19. The third-order valence-corrected chi connectivity index (χ3v) is 5.59. The Morgan fingerprint density at radius 3 is 1.41 bits per heavy atom. The first kappa shape index (κ1) is 24.0. The number of carbonyl (C=O) groups excluding carboxylic acids is 2. The minimum absolute atomic E-state index is 0.427. The summed E-state index contributed by atoms with van der Waals surface area (Å²) in [5.74, 6) is -1.11. The molecule has 6 nitrogen and oxygen atoms in total. The van der Waals surface area contributed by atoms with Crippen LogP contribution < -0.4 is 0 Å². The van der Waals surface area contributed by atoms with Crippen LogP contribution >= 0.6 is 0 Å². The lowest BCUT2D eigenvalue weighted by molar-refractivity contribution is -0.352. The van der Waals surface area contributed by atoms with Crippen LogP contribution in [-0.2, 0) is 32.4 Å². The van der Waals surface area contributed by atoms with Gasteiger partial charge in [0, 0.05) is 0 Å². The molecule has 2 aromatic carbocycles. The molecule has 0 heterocycles. The smallest absolute Gasteiger partial charge is 0.292 e. The van der Waals surface area contributed by atoms with Crippen LogP contribution in [-0.4, -0.2) is 24.1 Å². The van der Waals surface area contributed by atoms with E-state index in [1.54, 1.807) is 24.3 Å². The molecule has 1 fully saturated rings. The van der Waals surface area contributed by atoms with Gasteiger partial charge in [-0.15, -0.1) is 0 Å². The number of carbonyl (C=O) groups is 2. The van der Waals surface area contributed by atoms with Gasteiger partial charge in [-0.3, -0.25) is 9.78 Å². The molecule has 1 aliphatic rings. The van der Waals surface area contributed by atoms with Gasteiger partial charge in [0.15, 0.2) is 0 Å². The van der Waals surface area contributed by atoms with Gasteiger partial charge < -0.3 is 0 Å². The van der Waals surface area contributed by atoms with E-state index in [-0.39, 0.29) is 0 Å². The predicted octanol–water partition coefficient (Wildman–Crippen LogP) is 5.78. The molecule has 0 bridgehead atoms. The lowest BCUT2D eigenvalue weighted by atomic mass is 9.95. The van der Waals surface area contributed by atoms with Crippen molar-refractivity contribution >= 4 is 11.9 Å². The standard InChI is InChI=1S/C26H32O6/c1-3-7-19-11-15-21(16-12-19)25(27)31-29-23-9-5-6-10-24(23)30-32-26(28)22-17-13-20(8-4-2)14-18-22/h11-18,23-24H,3-10H2,1-2H3. The molecule has 2 aromatic rings. The van der Waals surface area contributed by atoms with Gasteiger partial charge in [-0.25, -0.2) is 9.59 Å². The number of hydrogen-bond acceptors (Lipinski definition) is 6. The Bertz CT molecular complexity index is 785. The van der Waals surface area contributed by atoms with Gasteiger partial charge in [-0.2, -0.15) is 9.78 Å². The van der Waals surface area contributed by atoms with Crippen molar-refractivity contribution in [3.05, 3.63) is 70.8 Å². The molecule has 1 saturated carbocycles. The lowest BCUT2D eigenvalue weighted by Crippen LogP contribution is -2.36. The summed E-state index contributed by atoms with van der Waals surface area (Å²) in [5, 5.41) is 0. The van der Waals surface area contributed by atoms with Crippen molar-refractivity contribution in [1.29, 1.82) is 0 Å². The van der Waals surface area contributed by atoms with Crippen LogP contribution in [0.2, 0.25) is 0 Å². The normalized spacial score (nSPS) is 18.2. The Kier molecular flexibility index (Phi) is 9.26. The summed E-state index contributed by atoms with van der Waals surface area (Å²) in [7, 11) is 0. The van der Waals surface area contributed by atoms with E-state index in [9.17, 15) is 9.59 Å². The summed E-state index contributed by atoms with van der Waals surface area (Å²) in [6, 6.07) is 14.6. The number of hydrogen-bond donors (Lipinski definition) is 0. The molecule has 2 unspecified atom stereocenters. The highest BCUT2D eigenvalue weighted by Crippen LogP contribution is 2.25. The van der Waals surface area contributed by atoms with Crippen molar-refractivity contribution in [3.63, 3.8) is 0 Å². The quantitative estimate of drug-likeness (QED) is 0.344. The van der Waals surface area contributed by atoms with Gasteiger partial charge in [0.2, 0.25) is 0 Å². The maximum Gasteiger partial charge on any atom is 0.373 e. The minimum atomic E-state index is -0.554. The summed E-state index contributed by atoms with van der Waals surface area (Å²) >= 11 is 0. The summed E-state index contributed by atoms with van der Waals surface area (Å²) in [6.45, 7) is 4.22. The zero-order valence-corrected chi connectivity index (χ0v) is 18.9. The van der Waals surface area contributed by atoms with Gasteiger partial charge >= 0.3 is 11.9 Å². The third kappa shape index (κ3) is 6.90. The first-order valence-corrected chi connectivity index (χ1v) is 11.5. The van der Waals surface area contributed by atoms with Gasteiger partial charge in [-0.05, 0) is 61.1 Å². The average molecular weight is 441 g/mol. The van der Waals surface area contributed by atoms with Gasteiger partial charge in [-0.1, -0.05) is 63.8 Å². The van der Waals surface area contributed by atoms with E-state index < -0.39 is 24.1 Å². The molecule has 1 aliphatic carbocycles. The highest BCUT2D eigenvalue weighted by atomic mass is 17.2. The van der Waals surface area contributed by atoms with Crippen LogP contribution in [0.5, 0.6) is 0 Å². The van der Waals surface area contributed by atoms with Crippen LogP contribution in [0, 0.1) is 0 Å². The largest absolute Gasteiger partial charge is 0.373 e. The molecule has 32 heavy (non-hydrogen) atoms. The van der Waals surface area contributed by atoms with Crippen molar-refractivity contribution in [2.24, 2.45) is 0 Å². The molecular weight excluding hydrogens is 408 g/mol. The van der Waals surface area contributed by atoms with E-state index in [1.165, 1.54) is 11.1 Å². The molecule has 2 atom stereocenters. The maximum absolute atomic E-state index is 12.3. The minimum Gasteiger partial charge on any atom is -0.292 e. The van der Waals surface area contributed by atoms with Gasteiger partial charge in [0.05, 0.1) is 11.1 Å². The Labute approximate surface area is 189 Å². The fourth-order valence-electron chi connectivity index (χ4n) is 3.78. The van der Waals surface area contributed by atoms with Crippen LogP contribution in [0.1, 0.15) is 84.2 Å². The Morgan fingerprint density at radius 1 is 0.688 bits per heavy atom. The van der Waals surface area contributed by atoms with E-state index in [0.717, 1.165) is 38.5 Å². The van der Waals surface area contributed by atoms with E-state index >= 15 is 0 Å². The highest BCUT2D eigenvalue weighted by molar-refractivity contribution is 5.89. The fourth-order valence-corrected chi connectivity index (χ4v) is 3.78.